The molecule has 1 aromatic heterocycles. The summed E-state index contributed by atoms with van der Waals surface area (Å²) in [6.45, 7) is 5.41. The number of carbonyl (C=O) groups excluding carboxylic acids is 2. The van der Waals surface area contributed by atoms with Crippen LogP contribution in [-0.4, -0.2) is 40.4 Å². The molecule has 30 heavy (non-hydrogen) atoms. The van der Waals surface area contributed by atoms with E-state index >= 15 is 0 Å². The van der Waals surface area contributed by atoms with Crippen LogP contribution >= 0.6 is 11.6 Å². The van der Waals surface area contributed by atoms with Crippen molar-refractivity contribution in [2.24, 2.45) is 0 Å². The summed E-state index contributed by atoms with van der Waals surface area (Å²) in [6.07, 6.45) is 1.51. The van der Waals surface area contributed by atoms with Crippen LogP contribution in [0.15, 0.2) is 55.1 Å². The van der Waals surface area contributed by atoms with Crippen molar-refractivity contribution in [1.82, 2.24) is 14.9 Å². The second-order valence-electron chi connectivity index (χ2n) is 6.63. The number of hydrogen-bond acceptors (Lipinski definition) is 4. The van der Waals surface area contributed by atoms with Crippen LogP contribution < -0.4 is 10.1 Å². The molecule has 0 unspecified atom stereocenters. The zero-order chi connectivity index (χ0) is 21.8. The minimum absolute atomic E-state index is 0.112. The first kappa shape index (κ1) is 21.4. The predicted molar refractivity (Wildman–Crippen MR) is 115 cm³/mol. The molecule has 1 heterocycles. The number of halogens is 1. The van der Waals surface area contributed by atoms with Gasteiger partial charge in [0.05, 0.1) is 19.2 Å². The number of fused-ring (bicyclic) bond motifs is 1. The van der Waals surface area contributed by atoms with Gasteiger partial charge < -0.3 is 10.1 Å². The molecule has 2 N–H and O–H groups in total. The first-order valence-corrected chi connectivity index (χ1v) is 9.58. The van der Waals surface area contributed by atoms with Gasteiger partial charge in [0.15, 0.2) is 0 Å². The third-order valence-corrected chi connectivity index (χ3v) is 5.03. The maximum absolute atomic E-state index is 13.2. The molecule has 3 rings (SSSR count). The Kier molecular flexibility index (Phi) is 6.44. The Morgan fingerprint density at radius 3 is 2.60 bits per heavy atom. The number of hydrogen-bond donors (Lipinski definition) is 2. The van der Waals surface area contributed by atoms with Crippen molar-refractivity contribution in [2.75, 3.05) is 13.7 Å². The second kappa shape index (κ2) is 9.02. The fourth-order valence-electron chi connectivity index (χ4n) is 3.24. The van der Waals surface area contributed by atoms with Gasteiger partial charge in [-0.2, -0.15) is 0 Å². The maximum Gasteiger partial charge on any atom is 0.341 e. The molecule has 0 radical (unpaired) electrons. The van der Waals surface area contributed by atoms with Gasteiger partial charge in [0.25, 0.3) is 5.91 Å². The highest BCUT2D eigenvalue weighted by Crippen LogP contribution is 2.31. The van der Waals surface area contributed by atoms with E-state index in [2.05, 4.69) is 11.9 Å². The Labute approximate surface area is 179 Å². The minimum Gasteiger partial charge on any atom is -0.497 e. The summed E-state index contributed by atoms with van der Waals surface area (Å²) < 4.78 is 6.87. The number of nitrogens with one attached hydrogen (secondary N) is 1. The lowest BCUT2D eigenvalue weighted by molar-refractivity contribution is -0.0503. The largest absolute Gasteiger partial charge is 0.497 e. The van der Waals surface area contributed by atoms with Crippen molar-refractivity contribution >= 4 is 34.4 Å². The zero-order valence-electron chi connectivity index (χ0n) is 16.7. The topological polar surface area (TPSA) is 83.8 Å². The minimum atomic E-state index is -0.665. The summed E-state index contributed by atoms with van der Waals surface area (Å²) in [5, 5.41) is 14.6. The van der Waals surface area contributed by atoms with Gasteiger partial charge in [0.1, 0.15) is 5.75 Å². The SMILES string of the molecule is C=CCNC(=O)N(O)Cc1c(C)n(C(=O)c2ccc(Cl)cc2)c2ccc(OC)cc12. The third kappa shape index (κ3) is 4.17. The molecule has 0 atom stereocenters. The van der Waals surface area contributed by atoms with Crippen molar-refractivity contribution in [3.8, 4) is 5.75 Å². The zero-order valence-corrected chi connectivity index (χ0v) is 17.4. The van der Waals surface area contributed by atoms with Crippen LogP contribution in [0.4, 0.5) is 4.79 Å². The highest BCUT2D eigenvalue weighted by Gasteiger charge is 2.23. The fourth-order valence-corrected chi connectivity index (χ4v) is 3.37. The van der Waals surface area contributed by atoms with E-state index in [0.29, 0.717) is 43.6 Å². The summed E-state index contributed by atoms with van der Waals surface area (Å²) in [7, 11) is 1.55. The van der Waals surface area contributed by atoms with Crippen molar-refractivity contribution in [3.63, 3.8) is 0 Å². The van der Waals surface area contributed by atoms with E-state index in [0.717, 1.165) is 0 Å². The fraction of sp³-hybridized carbons (Fsp3) is 0.182. The number of urea groups is 1. The number of rotatable bonds is 6. The standard InChI is InChI=1S/C22H22ClN3O4/c1-4-11-24-22(28)25(29)13-19-14(2)26(20-10-9-17(30-3)12-18(19)20)21(27)15-5-7-16(23)8-6-15/h4-10,12,29H,1,11,13H2,2-3H3,(H,24,28). The molecule has 0 spiro atoms. The number of benzene rings is 2. The number of nitrogens with zero attached hydrogens (tertiary/aromatic N) is 2. The van der Waals surface area contributed by atoms with Gasteiger partial charge in [-0.05, 0) is 49.4 Å². The number of amides is 2. The van der Waals surface area contributed by atoms with Crippen LogP contribution in [0.1, 0.15) is 21.6 Å². The molecule has 0 bridgehead atoms. The monoisotopic (exact) mass is 427 g/mol. The van der Waals surface area contributed by atoms with E-state index in [1.165, 1.54) is 6.08 Å². The molecule has 0 aliphatic rings. The van der Waals surface area contributed by atoms with Crippen molar-refractivity contribution in [1.29, 1.82) is 0 Å². The van der Waals surface area contributed by atoms with Crippen LogP contribution in [0.25, 0.3) is 10.9 Å². The highest BCUT2D eigenvalue weighted by molar-refractivity contribution is 6.30. The summed E-state index contributed by atoms with van der Waals surface area (Å²) >= 11 is 5.94. The smallest absolute Gasteiger partial charge is 0.341 e. The van der Waals surface area contributed by atoms with Crippen LogP contribution in [0.3, 0.4) is 0 Å². The summed E-state index contributed by atoms with van der Waals surface area (Å²) in [6, 6.07) is 11.3. The predicted octanol–water partition coefficient (Wildman–Crippen LogP) is 4.39. The Morgan fingerprint density at radius 1 is 1.27 bits per heavy atom. The van der Waals surface area contributed by atoms with Crippen molar-refractivity contribution in [3.05, 3.63) is 77.0 Å². The lowest BCUT2D eigenvalue weighted by Gasteiger charge is -2.16. The maximum atomic E-state index is 13.2. The molecule has 3 aromatic rings. The van der Waals surface area contributed by atoms with Gasteiger partial charge in [0.2, 0.25) is 0 Å². The molecule has 0 saturated carbocycles. The Bertz CT molecular complexity index is 1110. The number of ether oxygens (including phenoxy) is 1. The molecule has 8 heteroatoms. The average molecular weight is 428 g/mol. The summed E-state index contributed by atoms with van der Waals surface area (Å²) in [5.74, 6) is 0.353. The first-order chi connectivity index (χ1) is 14.4. The molecule has 2 amide bonds. The number of hydroxylamine groups is 2. The van der Waals surface area contributed by atoms with Gasteiger partial charge in [-0.15, -0.1) is 6.58 Å². The van der Waals surface area contributed by atoms with Crippen LogP contribution in [-0.2, 0) is 6.54 Å². The van der Waals surface area contributed by atoms with E-state index in [4.69, 9.17) is 16.3 Å². The third-order valence-electron chi connectivity index (χ3n) is 4.78. The van der Waals surface area contributed by atoms with E-state index < -0.39 is 6.03 Å². The number of carbonyl (C=O) groups is 2. The van der Waals surface area contributed by atoms with Gasteiger partial charge in [-0.3, -0.25) is 14.6 Å². The molecule has 0 aliphatic heterocycles. The van der Waals surface area contributed by atoms with Gasteiger partial charge >= 0.3 is 6.03 Å². The molecule has 0 saturated heterocycles. The summed E-state index contributed by atoms with van der Waals surface area (Å²) in [5.41, 5.74) is 2.34. The van der Waals surface area contributed by atoms with Crippen molar-refractivity contribution < 1.29 is 19.5 Å². The number of aromatic nitrogens is 1. The van der Waals surface area contributed by atoms with Crippen molar-refractivity contribution in [2.45, 2.75) is 13.5 Å². The number of methoxy groups -OCH3 is 1. The Balaban J connectivity index is 2.09. The first-order valence-electron chi connectivity index (χ1n) is 9.20. The van der Waals surface area contributed by atoms with Gasteiger partial charge in [-0.1, -0.05) is 17.7 Å². The molecule has 0 aliphatic carbocycles. The quantitative estimate of drug-likeness (QED) is 0.347. The summed E-state index contributed by atoms with van der Waals surface area (Å²) in [4.78, 5) is 25.3. The average Bonchev–Trinajstić information content (AvgIpc) is 3.02. The lowest BCUT2D eigenvalue weighted by atomic mass is 10.1. The van der Waals surface area contributed by atoms with E-state index in [1.54, 1.807) is 61.1 Å². The molecule has 0 fully saturated rings. The highest BCUT2D eigenvalue weighted by atomic mass is 35.5. The van der Waals surface area contributed by atoms with Gasteiger partial charge in [0, 0.05) is 33.8 Å². The van der Waals surface area contributed by atoms with E-state index in [-0.39, 0.29) is 19.0 Å². The van der Waals surface area contributed by atoms with E-state index in [9.17, 15) is 14.8 Å². The normalized spacial score (nSPS) is 10.7. The molecule has 7 nitrogen and oxygen atoms in total. The Morgan fingerprint density at radius 2 is 1.97 bits per heavy atom. The second-order valence-corrected chi connectivity index (χ2v) is 7.06. The molecular weight excluding hydrogens is 406 g/mol. The molecule has 2 aromatic carbocycles. The van der Waals surface area contributed by atoms with Crippen LogP contribution in [0.5, 0.6) is 5.75 Å². The molecular formula is C22H22ClN3O4. The van der Waals surface area contributed by atoms with E-state index in [1.807, 2.05) is 0 Å². The van der Waals surface area contributed by atoms with Crippen LogP contribution in [0.2, 0.25) is 5.02 Å². The van der Waals surface area contributed by atoms with Crippen LogP contribution in [0, 0.1) is 6.92 Å². The Hall–Kier alpha value is -3.29. The van der Waals surface area contributed by atoms with Gasteiger partial charge in [-0.25, -0.2) is 9.86 Å². The lowest BCUT2D eigenvalue weighted by Crippen LogP contribution is -2.37. The molecule has 156 valence electrons.